The third-order valence-corrected chi connectivity index (χ3v) is 2.51. The van der Waals surface area contributed by atoms with Crippen molar-refractivity contribution in [2.24, 2.45) is 0 Å². The predicted octanol–water partition coefficient (Wildman–Crippen LogP) is 2.45. The first-order valence-corrected chi connectivity index (χ1v) is 5.69. The van der Waals surface area contributed by atoms with E-state index < -0.39 is 4.92 Å². The van der Waals surface area contributed by atoms with Crippen molar-refractivity contribution in [3.05, 3.63) is 33.3 Å². The fourth-order valence-corrected chi connectivity index (χ4v) is 1.50. The minimum Gasteiger partial charge on any atom is -0.361 e. The van der Waals surface area contributed by atoms with Gasteiger partial charge in [0.15, 0.2) is 5.11 Å². The third-order valence-electron chi connectivity index (χ3n) is 1.93. The Morgan fingerprint density at radius 3 is 2.94 bits per heavy atom. The van der Waals surface area contributed by atoms with Crippen LogP contribution in [-0.2, 0) is 0 Å². The molecule has 1 aromatic rings. The number of halogens is 1. The maximum atomic E-state index is 10.6. The van der Waals surface area contributed by atoms with Crippen LogP contribution in [0.1, 0.15) is 6.42 Å². The third kappa shape index (κ3) is 4.16. The molecule has 94 valence electrons. The Bertz CT molecular complexity index is 515. The summed E-state index contributed by atoms with van der Waals surface area (Å²) in [6.45, 7) is 0.398. The summed E-state index contributed by atoms with van der Waals surface area (Å²) in [4.78, 5) is 10.1. The van der Waals surface area contributed by atoms with Gasteiger partial charge in [0.2, 0.25) is 0 Å². The summed E-state index contributed by atoms with van der Waals surface area (Å²) in [5.41, 5.74) is 0.266. The molecule has 0 radical (unpaired) electrons. The van der Waals surface area contributed by atoms with Crippen molar-refractivity contribution in [1.82, 2.24) is 5.32 Å². The first-order valence-electron chi connectivity index (χ1n) is 4.90. The Morgan fingerprint density at radius 1 is 1.61 bits per heavy atom. The molecule has 0 aliphatic heterocycles. The van der Waals surface area contributed by atoms with Crippen molar-refractivity contribution < 1.29 is 4.92 Å². The lowest BCUT2D eigenvalue weighted by molar-refractivity contribution is -0.384. The average molecular weight is 285 g/mol. The molecule has 0 saturated carbocycles. The SMILES string of the molecule is N#CCCNC(=S)Nc1cc([N+](=O)[O-])ccc1Cl. The van der Waals surface area contributed by atoms with Crippen molar-refractivity contribution in [2.75, 3.05) is 11.9 Å². The highest BCUT2D eigenvalue weighted by Gasteiger charge is 2.10. The van der Waals surface area contributed by atoms with Gasteiger partial charge in [-0.2, -0.15) is 5.26 Å². The lowest BCUT2D eigenvalue weighted by Gasteiger charge is -2.10. The summed E-state index contributed by atoms with van der Waals surface area (Å²) < 4.78 is 0. The maximum Gasteiger partial charge on any atom is 0.271 e. The first kappa shape index (κ1) is 14.2. The number of hydrogen-bond acceptors (Lipinski definition) is 4. The highest BCUT2D eigenvalue weighted by Crippen LogP contribution is 2.26. The molecule has 6 nitrogen and oxygen atoms in total. The van der Waals surface area contributed by atoms with Gasteiger partial charge in [0.05, 0.1) is 28.1 Å². The van der Waals surface area contributed by atoms with Crippen LogP contribution in [0, 0.1) is 21.4 Å². The zero-order valence-corrected chi connectivity index (χ0v) is 10.7. The van der Waals surface area contributed by atoms with Crippen LogP contribution >= 0.6 is 23.8 Å². The number of nitro groups is 1. The van der Waals surface area contributed by atoms with E-state index in [4.69, 9.17) is 29.1 Å². The fraction of sp³-hybridized carbons (Fsp3) is 0.200. The Balaban J connectivity index is 2.72. The van der Waals surface area contributed by atoms with Crippen LogP contribution in [0.5, 0.6) is 0 Å². The summed E-state index contributed by atoms with van der Waals surface area (Å²) in [6.07, 6.45) is 0.310. The van der Waals surface area contributed by atoms with E-state index in [1.165, 1.54) is 18.2 Å². The van der Waals surface area contributed by atoms with Crippen LogP contribution < -0.4 is 10.6 Å². The van der Waals surface area contributed by atoms with Crippen molar-refractivity contribution in [3.8, 4) is 6.07 Å². The quantitative estimate of drug-likeness (QED) is 0.382. The lowest BCUT2D eigenvalue weighted by Crippen LogP contribution is -2.29. The van der Waals surface area contributed by atoms with Gasteiger partial charge in [-0.1, -0.05) is 11.6 Å². The minimum atomic E-state index is -0.520. The number of thiocarbonyl (C=S) groups is 1. The molecule has 1 rings (SSSR count). The molecule has 0 saturated heterocycles. The Morgan fingerprint density at radius 2 is 2.33 bits per heavy atom. The van der Waals surface area contributed by atoms with Gasteiger partial charge in [0.25, 0.3) is 5.69 Å². The van der Waals surface area contributed by atoms with Crippen molar-refractivity contribution >= 4 is 40.3 Å². The molecule has 0 aromatic heterocycles. The van der Waals surface area contributed by atoms with E-state index in [2.05, 4.69) is 10.6 Å². The molecule has 0 atom stereocenters. The van der Waals surface area contributed by atoms with Gasteiger partial charge >= 0.3 is 0 Å². The number of nitrogens with zero attached hydrogens (tertiary/aromatic N) is 2. The molecule has 1 aromatic carbocycles. The van der Waals surface area contributed by atoms with Crippen LogP contribution in [0.25, 0.3) is 0 Å². The number of rotatable bonds is 4. The standard InChI is InChI=1S/C10H9ClN4O2S/c11-8-3-2-7(15(16)17)6-9(8)14-10(18)13-5-1-4-12/h2-3,6H,1,5H2,(H2,13,14,18). The molecular weight excluding hydrogens is 276 g/mol. The molecule has 2 N–H and O–H groups in total. The molecule has 0 unspecified atom stereocenters. The number of nitriles is 1. The number of benzene rings is 1. The summed E-state index contributed by atoms with van der Waals surface area (Å²) in [6, 6.07) is 5.97. The molecule has 0 aliphatic carbocycles. The van der Waals surface area contributed by atoms with Gasteiger partial charge in [0.1, 0.15) is 0 Å². The minimum absolute atomic E-state index is 0.0817. The van der Waals surface area contributed by atoms with Gasteiger partial charge < -0.3 is 10.6 Å². The second-order valence-corrected chi connectivity index (χ2v) is 4.03. The molecule has 0 heterocycles. The smallest absolute Gasteiger partial charge is 0.271 e. The molecule has 0 spiro atoms. The van der Waals surface area contributed by atoms with Crippen LogP contribution in [-0.4, -0.2) is 16.6 Å². The number of anilines is 1. The lowest BCUT2D eigenvalue weighted by atomic mass is 10.3. The predicted molar refractivity (Wildman–Crippen MR) is 72.6 cm³/mol. The Kier molecular flexibility index (Phi) is 5.30. The summed E-state index contributed by atoms with van der Waals surface area (Å²) in [5, 5.41) is 25.1. The molecule has 0 amide bonds. The number of nitro benzene ring substituents is 1. The summed E-state index contributed by atoms with van der Waals surface area (Å²) >= 11 is 10.8. The number of hydrogen-bond donors (Lipinski definition) is 2. The van der Waals surface area contributed by atoms with E-state index in [0.717, 1.165) is 0 Å². The molecule has 18 heavy (non-hydrogen) atoms. The van der Waals surface area contributed by atoms with Gasteiger partial charge in [-0.15, -0.1) is 0 Å². The summed E-state index contributed by atoms with van der Waals surface area (Å²) in [5.74, 6) is 0. The fourth-order valence-electron chi connectivity index (χ4n) is 1.12. The zero-order valence-electron chi connectivity index (χ0n) is 9.14. The van der Waals surface area contributed by atoms with Crippen molar-refractivity contribution in [1.29, 1.82) is 5.26 Å². The molecular formula is C10H9ClN4O2S. The number of nitrogens with one attached hydrogen (secondary N) is 2. The van der Waals surface area contributed by atoms with Gasteiger partial charge in [-0.05, 0) is 18.3 Å². The van der Waals surface area contributed by atoms with Crippen molar-refractivity contribution in [2.45, 2.75) is 6.42 Å². The Hall–Kier alpha value is -1.91. The first-order chi connectivity index (χ1) is 8.54. The van der Waals surface area contributed by atoms with Gasteiger partial charge in [0, 0.05) is 18.7 Å². The topological polar surface area (TPSA) is 91.0 Å². The normalized spacial score (nSPS) is 9.33. The number of non-ortho nitro benzene ring substituents is 1. The molecule has 8 heteroatoms. The van der Waals surface area contributed by atoms with E-state index >= 15 is 0 Å². The van der Waals surface area contributed by atoms with Crippen LogP contribution in [0.4, 0.5) is 11.4 Å². The van der Waals surface area contributed by atoms with E-state index in [9.17, 15) is 10.1 Å². The van der Waals surface area contributed by atoms with E-state index in [1.54, 1.807) is 0 Å². The van der Waals surface area contributed by atoms with Crippen LogP contribution in [0.2, 0.25) is 5.02 Å². The highest BCUT2D eigenvalue weighted by atomic mass is 35.5. The van der Waals surface area contributed by atoms with E-state index in [-0.39, 0.29) is 10.8 Å². The van der Waals surface area contributed by atoms with E-state index in [0.29, 0.717) is 23.7 Å². The van der Waals surface area contributed by atoms with Crippen LogP contribution in [0.3, 0.4) is 0 Å². The van der Waals surface area contributed by atoms with Gasteiger partial charge in [-0.25, -0.2) is 0 Å². The average Bonchev–Trinajstić information content (AvgIpc) is 2.32. The van der Waals surface area contributed by atoms with Gasteiger partial charge in [-0.3, -0.25) is 10.1 Å². The second-order valence-electron chi connectivity index (χ2n) is 3.21. The molecule has 0 aliphatic rings. The second kappa shape index (κ2) is 6.74. The molecule has 0 bridgehead atoms. The van der Waals surface area contributed by atoms with E-state index in [1.807, 2.05) is 6.07 Å². The van der Waals surface area contributed by atoms with Crippen LogP contribution in [0.15, 0.2) is 18.2 Å². The zero-order chi connectivity index (χ0) is 13.5. The molecule has 0 fully saturated rings. The highest BCUT2D eigenvalue weighted by molar-refractivity contribution is 7.80. The Labute approximate surface area is 114 Å². The van der Waals surface area contributed by atoms with Crippen molar-refractivity contribution in [3.63, 3.8) is 0 Å². The largest absolute Gasteiger partial charge is 0.361 e. The monoisotopic (exact) mass is 284 g/mol. The summed E-state index contributed by atoms with van der Waals surface area (Å²) in [7, 11) is 0. The maximum absolute atomic E-state index is 10.6.